The van der Waals surface area contributed by atoms with Gasteiger partial charge in [-0.05, 0) is 6.42 Å². The molecule has 0 spiro atoms. The molecule has 4 heteroatoms. The van der Waals surface area contributed by atoms with E-state index in [-0.39, 0.29) is 5.92 Å². The molecule has 0 aromatic carbocycles. The summed E-state index contributed by atoms with van der Waals surface area (Å²) >= 11 is 0. The lowest BCUT2D eigenvalue weighted by atomic mass is 10.1. The van der Waals surface area contributed by atoms with Gasteiger partial charge in [0.1, 0.15) is 0 Å². The quantitative estimate of drug-likeness (QED) is 0.479. The predicted molar refractivity (Wildman–Crippen MR) is 50.8 cm³/mol. The molecule has 2 fully saturated rings. The monoisotopic (exact) mass is 183 g/mol. The standard InChI is InChI=1S/C9H17N3O/c1-6(9(10)11)3-12-4-8-2-7(12)5-13-8/h6-8H,2-5H2,1H3,(H3,10,11). The summed E-state index contributed by atoms with van der Waals surface area (Å²) in [7, 11) is 0. The van der Waals surface area contributed by atoms with Gasteiger partial charge in [-0.15, -0.1) is 0 Å². The summed E-state index contributed by atoms with van der Waals surface area (Å²) in [6.45, 7) is 4.83. The summed E-state index contributed by atoms with van der Waals surface area (Å²) in [4.78, 5) is 2.40. The van der Waals surface area contributed by atoms with Gasteiger partial charge in [0.2, 0.25) is 0 Å². The summed E-state index contributed by atoms with van der Waals surface area (Å²) in [5.41, 5.74) is 5.44. The lowest BCUT2D eigenvalue weighted by molar-refractivity contribution is 0.0282. The maximum absolute atomic E-state index is 7.32. The van der Waals surface area contributed by atoms with Crippen molar-refractivity contribution in [1.82, 2.24) is 4.90 Å². The Morgan fingerprint density at radius 3 is 3.00 bits per heavy atom. The first-order valence-electron chi connectivity index (χ1n) is 4.86. The summed E-state index contributed by atoms with van der Waals surface area (Å²) in [6.07, 6.45) is 1.62. The third-order valence-electron chi connectivity index (χ3n) is 3.05. The van der Waals surface area contributed by atoms with E-state index >= 15 is 0 Å². The summed E-state index contributed by atoms with van der Waals surface area (Å²) in [5.74, 6) is 0.475. The van der Waals surface area contributed by atoms with Crippen LogP contribution in [0.25, 0.3) is 0 Å². The van der Waals surface area contributed by atoms with Crippen molar-refractivity contribution >= 4 is 5.84 Å². The molecule has 3 unspecified atom stereocenters. The highest BCUT2D eigenvalue weighted by Gasteiger charge is 2.39. The average molecular weight is 183 g/mol. The van der Waals surface area contributed by atoms with Gasteiger partial charge in [0.15, 0.2) is 0 Å². The van der Waals surface area contributed by atoms with Crippen LogP contribution >= 0.6 is 0 Å². The van der Waals surface area contributed by atoms with Crippen LogP contribution in [0.1, 0.15) is 13.3 Å². The number of rotatable bonds is 3. The van der Waals surface area contributed by atoms with Crippen LogP contribution < -0.4 is 5.73 Å². The zero-order valence-electron chi connectivity index (χ0n) is 7.99. The molecular formula is C9H17N3O. The number of hydrogen-bond acceptors (Lipinski definition) is 3. The van der Waals surface area contributed by atoms with Crippen molar-refractivity contribution in [2.24, 2.45) is 11.7 Å². The zero-order valence-corrected chi connectivity index (χ0v) is 7.99. The van der Waals surface area contributed by atoms with Crippen LogP contribution in [0.2, 0.25) is 0 Å². The molecule has 0 amide bonds. The van der Waals surface area contributed by atoms with E-state index in [0.29, 0.717) is 18.0 Å². The van der Waals surface area contributed by atoms with Crippen molar-refractivity contribution in [3.05, 3.63) is 0 Å². The van der Waals surface area contributed by atoms with Gasteiger partial charge >= 0.3 is 0 Å². The smallest absolute Gasteiger partial charge is 0.0947 e. The Balaban J connectivity index is 1.86. The average Bonchev–Trinajstić information content (AvgIpc) is 2.64. The number of hydrogen-bond donors (Lipinski definition) is 2. The Bertz CT molecular complexity index is 219. The van der Waals surface area contributed by atoms with E-state index in [1.807, 2.05) is 6.92 Å². The number of fused-ring (bicyclic) bond motifs is 2. The Labute approximate surface area is 78.5 Å². The van der Waals surface area contributed by atoms with Crippen LogP contribution in [0.5, 0.6) is 0 Å². The molecule has 13 heavy (non-hydrogen) atoms. The molecule has 2 rings (SSSR count). The number of ether oxygens (including phenoxy) is 1. The maximum Gasteiger partial charge on any atom is 0.0947 e. The second-order valence-corrected chi connectivity index (χ2v) is 4.16. The largest absolute Gasteiger partial charge is 0.387 e. The fourth-order valence-electron chi connectivity index (χ4n) is 2.15. The molecule has 2 aliphatic rings. The lowest BCUT2D eigenvalue weighted by Gasteiger charge is -2.28. The van der Waals surface area contributed by atoms with Gasteiger partial charge in [-0.1, -0.05) is 6.92 Å². The number of nitrogens with two attached hydrogens (primary N) is 1. The number of morpholine rings is 1. The minimum Gasteiger partial charge on any atom is -0.387 e. The highest BCUT2D eigenvalue weighted by Crippen LogP contribution is 2.28. The summed E-state index contributed by atoms with van der Waals surface area (Å²) < 4.78 is 5.50. The van der Waals surface area contributed by atoms with Crippen molar-refractivity contribution in [3.63, 3.8) is 0 Å². The van der Waals surface area contributed by atoms with Gasteiger partial charge in [0.25, 0.3) is 0 Å². The van der Waals surface area contributed by atoms with Crippen LogP contribution in [0.4, 0.5) is 0 Å². The first-order chi connectivity index (χ1) is 6.16. The molecule has 2 bridgehead atoms. The lowest BCUT2D eigenvalue weighted by Crippen LogP contribution is -2.42. The fourth-order valence-corrected chi connectivity index (χ4v) is 2.15. The molecular weight excluding hydrogens is 166 g/mol. The Hall–Kier alpha value is -0.610. The fraction of sp³-hybridized carbons (Fsp3) is 0.889. The van der Waals surface area contributed by atoms with E-state index in [1.54, 1.807) is 0 Å². The highest BCUT2D eigenvalue weighted by molar-refractivity contribution is 5.79. The van der Waals surface area contributed by atoms with E-state index in [9.17, 15) is 0 Å². The van der Waals surface area contributed by atoms with Crippen LogP contribution in [-0.4, -0.2) is 42.6 Å². The van der Waals surface area contributed by atoms with Gasteiger partial charge < -0.3 is 10.5 Å². The number of likely N-dealkylation sites (tertiary alicyclic amines) is 1. The SMILES string of the molecule is CC(CN1CC2CC1CO2)C(=N)N. The van der Waals surface area contributed by atoms with Crippen LogP contribution in [0.3, 0.4) is 0 Å². The van der Waals surface area contributed by atoms with Crippen LogP contribution in [-0.2, 0) is 4.74 Å². The Kier molecular flexibility index (Phi) is 2.26. The molecule has 0 aromatic rings. The third-order valence-corrected chi connectivity index (χ3v) is 3.05. The Morgan fingerprint density at radius 1 is 1.77 bits per heavy atom. The van der Waals surface area contributed by atoms with Crippen LogP contribution in [0, 0.1) is 11.3 Å². The second-order valence-electron chi connectivity index (χ2n) is 4.16. The van der Waals surface area contributed by atoms with Crippen molar-refractivity contribution in [3.8, 4) is 0 Å². The molecule has 3 atom stereocenters. The van der Waals surface area contributed by atoms with Crippen molar-refractivity contribution < 1.29 is 4.74 Å². The predicted octanol–water partition coefficient (Wildman–Crippen LogP) is 0.0316. The minimum absolute atomic E-state index is 0.180. The van der Waals surface area contributed by atoms with E-state index in [4.69, 9.17) is 15.9 Å². The summed E-state index contributed by atoms with van der Waals surface area (Å²) in [5, 5.41) is 7.32. The first-order valence-corrected chi connectivity index (χ1v) is 4.86. The van der Waals surface area contributed by atoms with Crippen molar-refractivity contribution in [2.45, 2.75) is 25.5 Å². The number of nitrogens with one attached hydrogen (secondary N) is 1. The zero-order chi connectivity index (χ0) is 9.42. The Morgan fingerprint density at radius 2 is 2.54 bits per heavy atom. The molecule has 2 saturated heterocycles. The van der Waals surface area contributed by atoms with Gasteiger partial charge in [0, 0.05) is 25.0 Å². The van der Waals surface area contributed by atoms with E-state index in [2.05, 4.69) is 4.90 Å². The number of nitrogens with zero attached hydrogens (tertiary/aromatic N) is 1. The maximum atomic E-state index is 7.32. The first kappa shape index (κ1) is 8.97. The second kappa shape index (κ2) is 3.27. The molecule has 3 N–H and O–H groups in total. The number of amidine groups is 1. The molecule has 0 aliphatic carbocycles. The molecule has 74 valence electrons. The molecule has 2 heterocycles. The summed E-state index contributed by atoms with van der Waals surface area (Å²) in [6, 6.07) is 0.590. The van der Waals surface area contributed by atoms with Crippen LogP contribution in [0.15, 0.2) is 0 Å². The van der Waals surface area contributed by atoms with Gasteiger partial charge in [-0.2, -0.15) is 0 Å². The highest BCUT2D eigenvalue weighted by atomic mass is 16.5. The van der Waals surface area contributed by atoms with Crippen molar-refractivity contribution in [1.29, 1.82) is 5.41 Å². The normalized spacial score (nSPS) is 35.2. The third kappa shape index (κ3) is 1.69. The van der Waals surface area contributed by atoms with Gasteiger partial charge in [-0.3, -0.25) is 10.3 Å². The molecule has 0 aromatic heterocycles. The van der Waals surface area contributed by atoms with Gasteiger partial charge in [-0.25, -0.2) is 0 Å². The molecule has 0 radical (unpaired) electrons. The molecule has 2 aliphatic heterocycles. The van der Waals surface area contributed by atoms with E-state index in [0.717, 1.165) is 19.7 Å². The topological polar surface area (TPSA) is 62.3 Å². The van der Waals surface area contributed by atoms with E-state index in [1.165, 1.54) is 6.42 Å². The van der Waals surface area contributed by atoms with Gasteiger partial charge in [0.05, 0.1) is 18.5 Å². The van der Waals surface area contributed by atoms with Crippen molar-refractivity contribution in [2.75, 3.05) is 19.7 Å². The minimum atomic E-state index is 0.180. The molecule has 0 saturated carbocycles. The van der Waals surface area contributed by atoms with E-state index < -0.39 is 0 Å². The molecule has 4 nitrogen and oxygen atoms in total.